The Morgan fingerprint density at radius 3 is 2.41 bits per heavy atom. The van der Waals surface area contributed by atoms with E-state index in [1.807, 2.05) is 38.1 Å². The van der Waals surface area contributed by atoms with Gasteiger partial charge in [-0.2, -0.15) is 4.73 Å². The zero-order chi connectivity index (χ0) is 26.5. The number of rotatable bonds is 6. The molecular formula is C29H26ClF2N3O2. The Kier molecular flexibility index (Phi) is 6.28. The van der Waals surface area contributed by atoms with E-state index in [0.717, 1.165) is 27.0 Å². The van der Waals surface area contributed by atoms with E-state index in [-0.39, 0.29) is 28.5 Å². The molecule has 1 aromatic heterocycles. The smallest absolute Gasteiger partial charge is 0.277 e. The number of hydrogen-bond acceptors (Lipinski definition) is 3. The highest BCUT2D eigenvalue weighted by atomic mass is 35.5. The molecule has 0 spiro atoms. The van der Waals surface area contributed by atoms with Crippen LogP contribution in [-0.2, 0) is 5.92 Å². The topological polar surface area (TPSA) is 67.2 Å². The van der Waals surface area contributed by atoms with Crippen molar-refractivity contribution in [3.05, 3.63) is 93.8 Å². The van der Waals surface area contributed by atoms with Gasteiger partial charge in [-0.1, -0.05) is 41.9 Å². The predicted octanol–water partition coefficient (Wildman–Crippen LogP) is 7.79. The quantitative estimate of drug-likeness (QED) is 0.254. The molecule has 1 aliphatic carbocycles. The van der Waals surface area contributed by atoms with E-state index in [1.54, 1.807) is 19.1 Å². The molecule has 5 rings (SSSR count). The summed E-state index contributed by atoms with van der Waals surface area (Å²) in [4.78, 5) is 17.5. The lowest BCUT2D eigenvalue weighted by Gasteiger charge is -2.17. The van der Waals surface area contributed by atoms with Gasteiger partial charge in [-0.25, -0.2) is 13.8 Å². The monoisotopic (exact) mass is 521 g/mol. The van der Waals surface area contributed by atoms with E-state index in [9.17, 15) is 18.8 Å². The Morgan fingerprint density at radius 1 is 1.05 bits per heavy atom. The number of benzene rings is 3. The molecule has 0 unspecified atom stereocenters. The van der Waals surface area contributed by atoms with Crippen molar-refractivity contribution in [1.82, 2.24) is 9.71 Å². The van der Waals surface area contributed by atoms with E-state index in [2.05, 4.69) is 10.3 Å². The van der Waals surface area contributed by atoms with Gasteiger partial charge in [0.25, 0.3) is 11.8 Å². The van der Waals surface area contributed by atoms with E-state index in [0.29, 0.717) is 23.4 Å². The zero-order valence-electron chi connectivity index (χ0n) is 20.6. The largest absolute Gasteiger partial charge is 0.426 e. The van der Waals surface area contributed by atoms with Gasteiger partial charge in [0.1, 0.15) is 0 Å². The fraction of sp³-hybridized carbons (Fsp3) is 0.241. The molecule has 1 fully saturated rings. The van der Waals surface area contributed by atoms with Crippen LogP contribution in [0, 0.1) is 26.7 Å². The minimum absolute atomic E-state index is 0.0853. The summed E-state index contributed by atoms with van der Waals surface area (Å²) in [6.45, 7) is 5.60. The SMILES string of the molecule is Cc1cccc(C)c1-c1cc(-c2nc(C)c(C(=O)Nc3cccc(C(F)(F)C4CC4)c3)n2O)ccc1Cl. The molecule has 2 N–H and O–H groups in total. The van der Waals surface area contributed by atoms with E-state index in [1.165, 1.54) is 24.3 Å². The van der Waals surface area contributed by atoms with Gasteiger partial charge in [-0.05, 0) is 80.6 Å². The van der Waals surface area contributed by atoms with Crippen LogP contribution in [0.5, 0.6) is 0 Å². The molecule has 3 aromatic carbocycles. The molecule has 37 heavy (non-hydrogen) atoms. The van der Waals surface area contributed by atoms with Gasteiger partial charge in [-0.3, -0.25) is 4.79 Å². The highest BCUT2D eigenvalue weighted by Crippen LogP contribution is 2.50. The predicted molar refractivity (Wildman–Crippen MR) is 141 cm³/mol. The van der Waals surface area contributed by atoms with Crippen LogP contribution < -0.4 is 5.32 Å². The normalized spacial score (nSPS) is 13.6. The van der Waals surface area contributed by atoms with Gasteiger partial charge in [0.15, 0.2) is 11.5 Å². The lowest BCUT2D eigenvalue weighted by Crippen LogP contribution is -2.19. The standard InChI is InChI=1S/C29H26ClF2N3O2/c1-16-6-4-7-17(2)25(16)23-14-19(10-13-24(23)30)27-33-18(3)26(35(27)37)28(36)34-22-9-5-8-21(15-22)29(31,32)20-11-12-20/h4-10,13-15,20,37H,11-12H2,1-3H3,(H,34,36). The van der Waals surface area contributed by atoms with Crippen molar-refractivity contribution >= 4 is 23.2 Å². The van der Waals surface area contributed by atoms with Crippen molar-refractivity contribution in [1.29, 1.82) is 0 Å². The number of aromatic nitrogens is 2. The Morgan fingerprint density at radius 2 is 1.73 bits per heavy atom. The molecule has 4 aromatic rings. The Balaban J connectivity index is 1.47. The first-order chi connectivity index (χ1) is 17.6. The summed E-state index contributed by atoms with van der Waals surface area (Å²) in [5.74, 6) is -4.09. The van der Waals surface area contributed by atoms with Crippen LogP contribution in [-0.4, -0.2) is 20.8 Å². The van der Waals surface area contributed by atoms with Crippen molar-refractivity contribution in [3.63, 3.8) is 0 Å². The molecule has 0 saturated heterocycles. The number of nitrogens with zero attached hydrogens (tertiary/aromatic N) is 2. The number of hydrogen-bond donors (Lipinski definition) is 2. The average molecular weight is 522 g/mol. The lowest BCUT2D eigenvalue weighted by atomic mass is 9.94. The first kappa shape index (κ1) is 25.0. The average Bonchev–Trinajstić information content (AvgIpc) is 3.66. The minimum atomic E-state index is -2.94. The fourth-order valence-electron chi connectivity index (χ4n) is 4.74. The van der Waals surface area contributed by atoms with Gasteiger partial charge >= 0.3 is 0 Å². The number of imidazole rings is 1. The summed E-state index contributed by atoms with van der Waals surface area (Å²) < 4.78 is 29.8. The first-order valence-corrected chi connectivity index (χ1v) is 12.4. The molecule has 1 aliphatic rings. The van der Waals surface area contributed by atoms with Crippen LogP contribution in [0.4, 0.5) is 14.5 Å². The molecule has 1 saturated carbocycles. The number of aryl methyl sites for hydroxylation is 3. The van der Waals surface area contributed by atoms with E-state index < -0.39 is 17.7 Å². The maximum absolute atomic E-state index is 14.6. The third kappa shape index (κ3) is 4.60. The number of carbonyl (C=O) groups is 1. The summed E-state index contributed by atoms with van der Waals surface area (Å²) in [6, 6.07) is 16.9. The van der Waals surface area contributed by atoms with Crippen LogP contribution in [0.25, 0.3) is 22.5 Å². The molecule has 190 valence electrons. The number of amides is 1. The number of nitrogens with one attached hydrogen (secondary N) is 1. The fourth-order valence-corrected chi connectivity index (χ4v) is 4.95. The van der Waals surface area contributed by atoms with Crippen LogP contribution in [0.2, 0.25) is 5.02 Å². The van der Waals surface area contributed by atoms with Crippen molar-refractivity contribution < 1.29 is 18.8 Å². The maximum Gasteiger partial charge on any atom is 0.277 e. The van der Waals surface area contributed by atoms with Crippen LogP contribution in [0.1, 0.15) is 45.7 Å². The molecule has 0 bridgehead atoms. The maximum atomic E-state index is 14.6. The molecule has 1 amide bonds. The highest BCUT2D eigenvalue weighted by molar-refractivity contribution is 6.33. The molecule has 0 radical (unpaired) electrons. The van der Waals surface area contributed by atoms with Gasteiger partial charge in [0, 0.05) is 33.3 Å². The molecular weight excluding hydrogens is 496 g/mol. The number of alkyl halides is 2. The molecule has 1 heterocycles. The Hall–Kier alpha value is -3.71. The van der Waals surface area contributed by atoms with Crippen LogP contribution in [0.15, 0.2) is 60.7 Å². The van der Waals surface area contributed by atoms with Crippen molar-refractivity contribution in [3.8, 4) is 22.5 Å². The van der Waals surface area contributed by atoms with Crippen LogP contribution in [0.3, 0.4) is 0 Å². The van der Waals surface area contributed by atoms with Crippen molar-refractivity contribution in [2.24, 2.45) is 5.92 Å². The summed E-state index contributed by atoms with van der Waals surface area (Å²) in [5, 5.41) is 14.1. The Labute approximate surface area is 218 Å². The van der Waals surface area contributed by atoms with Gasteiger partial charge < -0.3 is 10.5 Å². The third-order valence-electron chi connectivity index (χ3n) is 6.81. The van der Waals surface area contributed by atoms with Gasteiger partial charge in [-0.15, -0.1) is 0 Å². The second kappa shape index (κ2) is 9.30. The Bertz CT molecular complexity index is 1510. The molecule has 0 atom stereocenters. The van der Waals surface area contributed by atoms with E-state index >= 15 is 0 Å². The van der Waals surface area contributed by atoms with E-state index in [4.69, 9.17) is 11.6 Å². The van der Waals surface area contributed by atoms with Gasteiger partial charge in [0.05, 0.1) is 5.69 Å². The lowest BCUT2D eigenvalue weighted by molar-refractivity contribution is -0.0285. The van der Waals surface area contributed by atoms with Crippen LogP contribution >= 0.6 is 11.6 Å². The van der Waals surface area contributed by atoms with Crippen molar-refractivity contribution in [2.75, 3.05) is 5.32 Å². The number of anilines is 1. The first-order valence-electron chi connectivity index (χ1n) is 12.0. The zero-order valence-corrected chi connectivity index (χ0v) is 21.4. The minimum Gasteiger partial charge on any atom is -0.426 e. The molecule has 0 aliphatic heterocycles. The van der Waals surface area contributed by atoms with Crippen molar-refractivity contribution in [2.45, 2.75) is 39.5 Å². The second-order valence-electron chi connectivity index (χ2n) is 9.57. The highest BCUT2D eigenvalue weighted by Gasteiger charge is 2.48. The second-order valence-corrected chi connectivity index (χ2v) is 9.98. The van der Waals surface area contributed by atoms with Gasteiger partial charge in [0.2, 0.25) is 0 Å². The summed E-state index contributed by atoms with van der Waals surface area (Å²) in [5.41, 5.74) is 4.73. The molecule has 5 nitrogen and oxygen atoms in total. The summed E-state index contributed by atoms with van der Waals surface area (Å²) in [7, 11) is 0. The number of halogens is 3. The third-order valence-corrected chi connectivity index (χ3v) is 7.14. The number of carbonyl (C=O) groups excluding carboxylic acids is 1. The summed E-state index contributed by atoms with van der Waals surface area (Å²) in [6.07, 6.45) is 0.982. The molecule has 8 heteroatoms. The summed E-state index contributed by atoms with van der Waals surface area (Å²) >= 11 is 6.54.